The second kappa shape index (κ2) is 4.62. The van der Waals surface area contributed by atoms with Crippen molar-refractivity contribution in [2.24, 2.45) is 5.92 Å². The van der Waals surface area contributed by atoms with Crippen LogP contribution in [0.1, 0.15) is 13.8 Å². The summed E-state index contributed by atoms with van der Waals surface area (Å²) in [4.78, 5) is 10.7. The molecule has 0 aromatic rings. The molecule has 0 aromatic heterocycles. The fraction of sp³-hybridized carbons (Fsp3) is 0.875. The van der Waals surface area contributed by atoms with E-state index in [4.69, 9.17) is 9.16 Å². The lowest BCUT2D eigenvalue weighted by atomic mass is 10.1. The molecule has 1 aliphatic rings. The summed E-state index contributed by atoms with van der Waals surface area (Å²) in [7, 11) is -1.22. The first-order chi connectivity index (χ1) is 5.72. The van der Waals surface area contributed by atoms with Crippen molar-refractivity contribution in [3.63, 3.8) is 0 Å². The van der Waals surface area contributed by atoms with Gasteiger partial charge in [0, 0.05) is 12.8 Å². The molecule has 0 radical (unpaired) electrons. The van der Waals surface area contributed by atoms with Crippen LogP contribution in [0, 0.1) is 5.92 Å². The molecule has 1 unspecified atom stereocenters. The van der Waals surface area contributed by atoms with E-state index in [9.17, 15) is 4.79 Å². The fourth-order valence-corrected chi connectivity index (χ4v) is 3.41. The third kappa shape index (κ3) is 2.95. The number of ether oxygens (including phenoxy) is 1. The first-order valence-electron chi connectivity index (χ1n) is 4.47. The summed E-state index contributed by atoms with van der Waals surface area (Å²) < 4.78 is 10.3. The number of hydrogen-bond donors (Lipinski definition) is 0. The summed E-state index contributed by atoms with van der Waals surface area (Å²) in [6.07, 6.45) is 0. The Morgan fingerprint density at radius 1 is 1.67 bits per heavy atom. The summed E-state index contributed by atoms with van der Waals surface area (Å²) in [6, 6.07) is 2.13. The third-order valence-corrected chi connectivity index (χ3v) is 4.86. The summed E-state index contributed by atoms with van der Waals surface area (Å²) in [5.74, 6) is 0.551. The summed E-state index contributed by atoms with van der Waals surface area (Å²) in [5, 5.41) is 0. The number of rotatable bonds is 4. The maximum atomic E-state index is 10.7. The van der Waals surface area contributed by atoms with Gasteiger partial charge in [-0.05, 0) is 12.1 Å². The van der Waals surface area contributed by atoms with Gasteiger partial charge < -0.3 is 9.16 Å². The van der Waals surface area contributed by atoms with Gasteiger partial charge in [-0.1, -0.05) is 6.92 Å². The van der Waals surface area contributed by atoms with Crippen molar-refractivity contribution < 1.29 is 14.0 Å². The van der Waals surface area contributed by atoms with E-state index >= 15 is 0 Å². The van der Waals surface area contributed by atoms with Crippen molar-refractivity contribution in [2.75, 3.05) is 13.2 Å². The van der Waals surface area contributed by atoms with Gasteiger partial charge in [0.1, 0.15) is 0 Å². The maximum Gasteiger partial charge on any atom is 0.289 e. The third-order valence-electron chi connectivity index (χ3n) is 2.09. The lowest BCUT2D eigenvalue weighted by molar-refractivity contribution is -0.132. The zero-order valence-corrected chi connectivity index (χ0v) is 8.86. The largest absolute Gasteiger partial charge is 0.522 e. The normalized spacial score (nSPS) is 19.8. The van der Waals surface area contributed by atoms with Crippen LogP contribution in [0.15, 0.2) is 0 Å². The van der Waals surface area contributed by atoms with Crippen molar-refractivity contribution in [3.05, 3.63) is 0 Å². The first kappa shape index (κ1) is 9.73. The molecule has 1 fully saturated rings. The minimum atomic E-state index is -1.22. The van der Waals surface area contributed by atoms with Crippen LogP contribution in [0.25, 0.3) is 0 Å². The van der Waals surface area contributed by atoms with Crippen LogP contribution >= 0.6 is 0 Å². The highest BCUT2D eigenvalue weighted by Gasteiger charge is 2.25. The van der Waals surface area contributed by atoms with Crippen molar-refractivity contribution in [1.29, 1.82) is 0 Å². The smallest absolute Gasteiger partial charge is 0.289 e. The van der Waals surface area contributed by atoms with Gasteiger partial charge in [-0.2, -0.15) is 0 Å². The predicted octanol–water partition coefficient (Wildman–Crippen LogP) is 0.940. The first-order valence-corrected chi connectivity index (χ1v) is 6.57. The van der Waals surface area contributed by atoms with Crippen LogP contribution in [0.2, 0.25) is 12.1 Å². The Morgan fingerprint density at radius 3 is 2.67 bits per heavy atom. The second-order valence-electron chi connectivity index (χ2n) is 3.28. The van der Waals surface area contributed by atoms with E-state index in [2.05, 4.69) is 6.92 Å². The Labute approximate surface area is 74.8 Å². The van der Waals surface area contributed by atoms with E-state index in [0.717, 1.165) is 25.3 Å². The van der Waals surface area contributed by atoms with E-state index in [1.54, 1.807) is 0 Å². The van der Waals surface area contributed by atoms with Gasteiger partial charge in [0.25, 0.3) is 5.97 Å². The molecule has 1 saturated heterocycles. The monoisotopic (exact) mass is 188 g/mol. The topological polar surface area (TPSA) is 35.5 Å². The Kier molecular flexibility index (Phi) is 3.75. The van der Waals surface area contributed by atoms with Crippen molar-refractivity contribution in [2.45, 2.75) is 25.9 Å². The Morgan fingerprint density at radius 2 is 2.33 bits per heavy atom. The Hall–Kier alpha value is -0.353. The van der Waals surface area contributed by atoms with E-state index in [1.807, 2.05) is 0 Å². The lowest BCUT2D eigenvalue weighted by Crippen LogP contribution is -2.33. The second-order valence-corrected chi connectivity index (χ2v) is 6.05. The molecule has 0 bridgehead atoms. The minimum Gasteiger partial charge on any atom is -0.522 e. The molecule has 3 nitrogen and oxygen atoms in total. The van der Waals surface area contributed by atoms with Gasteiger partial charge >= 0.3 is 0 Å². The van der Waals surface area contributed by atoms with E-state index in [1.165, 1.54) is 6.92 Å². The molecule has 1 aliphatic heterocycles. The highest BCUT2D eigenvalue weighted by molar-refractivity contribution is 6.53. The van der Waals surface area contributed by atoms with E-state index in [0.29, 0.717) is 5.92 Å². The highest BCUT2D eigenvalue weighted by atomic mass is 28.3. The Balaban J connectivity index is 2.19. The molecule has 1 atom stereocenters. The fourth-order valence-electron chi connectivity index (χ4n) is 1.33. The van der Waals surface area contributed by atoms with Crippen LogP contribution in [-0.2, 0) is 14.0 Å². The summed E-state index contributed by atoms with van der Waals surface area (Å²) >= 11 is 0. The number of hydrogen-bond acceptors (Lipinski definition) is 3. The SMILES string of the molecule is CC[SiH](CC1COC1)OC(C)=O. The maximum absolute atomic E-state index is 10.7. The van der Waals surface area contributed by atoms with Gasteiger partial charge in [0.2, 0.25) is 9.04 Å². The van der Waals surface area contributed by atoms with Crippen molar-refractivity contribution >= 4 is 15.0 Å². The molecule has 0 N–H and O–H groups in total. The Bertz CT molecular complexity index is 156. The quantitative estimate of drug-likeness (QED) is 0.616. The molecule has 4 heteroatoms. The van der Waals surface area contributed by atoms with E-state index in [-0.39, 0.29) is 5.97 Å². The van der Waals surface area contributed by atoms with Gasteiger partial charge in [0.15, 0.2) is 0 Å². The zero-order chi connectivity index (χ0) is 8.97. The standard InChI is InChI=1S/C8H16O3Si/c1-3-12(11-7(2)9)6-8-4-10-5-8/h8,12H,3-6H2,1-2H3. The predicted molar refractivity (Wildman–Crippen MR) is 48.5 cm³/mol. The molecule has 12 heavy (non-hydrogen) atoms. The molecule has 0 amide bonds. The van der Waals surface area contributed by atoms with Crippen molar-refractivity contribution in [1.82, 2.24) is 0 Å². The molecule has 70 valence electrons. The molecule has 0 aliphatic carbocycles. The zero-order valence-electron chi connectivity index (χ0n) is 7.71. The molecule has 0 aromatic carbocycles. The summed E-state index contributed by atoms with van der Waals surface area (Å²) in [6.45, 7) is 5.32. The minimum absolute atomic E-state index is 0.117. The molecular weight excluding hydrogens is 172 g/mol. The van der Waals surface area contributed by atoms with Crippen LogP contribution < -0.4 is 0 Å². The molecule has 1 heterocycles. The van der Waals surface area contributed by atoms with Gasteiger partial charge in [-0.15, -0.1) is 0 Å². The molecule has 1 rings (SSSR count). The van der Waals surface area contributed by atoms with Gasteiger partial charge in [-0.3, -0.25) is 4.79 Å². The molecule has 0 saturated carbocycles. The van der Waals surface area contributed by atoms with Crippen LogP contribution in [0.3, 0.4) is 0 Å². The highest BCUT2D eigenvalue weighted by Crippen LogP contribution is 2.19. The average molecular weight is 188 g/mol. The van der Waals surface area contributed by atoms with Crippen molar-refractivity contribution in [3.8, 4) is 0 Å². The number of carbonyl (C=O) groups is 1. The van der Waals surface area contributed by atoms with Gasteiger partial charge in [-0.25, -0.2) is 0 Å². The van der Waals surface area contributed by atoms with E-state index < -0.39 is 9.04 Å². The van der Waals surface area contributed by atoms with Crippen LogP contribution in [-0.4, -0.2) is 28.2 Å². The molecular formula is C8H16O3Si. The van der Waals surface area contributed by atoms with Crippen LogP contribution in [0.5, 0.6) is 0 Å². The average Bonchev–Trinajstić information content (AvgIpc) is 1.93. The number of carbonyl (C=O) groups excluding carboxylic acids is 1. The van der Waals surface area contributed by atoms with Crippen LogP contribution in [0.4, 0.5) is 0 Å². The molecule has 0 spiro atoms. The van der Waals surface area contributed by atoms with Gasteiger partial charge in [0.05, 0.1) is 13.2 Å². The summed E-state index contributed by atoms with van der Waals surface area (Å²) in [5.41, 5.74) is 0. The lowest BCUT2D eigenvalue weighted by Gasteiger charge is -2.28.